The first-order valence-corrected chi connectivity index (χ1v) is 9.48. The van der Waals surface area contributed by atoms with Crippen molar-refractivity contribution in [3.05, 3.63) is 0 Å². The molecule has 0 radical (unpaired) electrons. The molecule has 0 bridgehead atoms. The summed E-state index contributed by atoms with van der Waals surface area (Å²) in [6, 6.07) is 0. The first kappa shape index (κ1) is 21.4. The molecule has 0 aliphatic heterocycles. The molecule has 0 heterocycles. The summed E-state index contributed by atoms with van der Waals surface area (Å²) in [4.78, 5) is 12.5. The average Bonchev–Trinajstić information content (AvgIpc) is 2.46. The minimum Gasteiger partial charge on any atom is -0.456 e. The van der Waals surface area contributed by atoms with Crippen LogP contribution in [0.5, 0.6) is 0 Å². The van der Waals surface area contributed by atoms with E-state index in [-0.39, 0.29) is 18.4 Å². The maximum Gasteiger partial charge on any atom is 0.312 e. The normalized spacial score (nSPS) is 19.2. The summed E-state index contributed by atoms with van der Waals surface area (Å²) in [7, 11) is 0. The van der Waals surface area contributed by atoms with Crippen LogP contribution < -0.4 is 0 Å². The Morgan fingerprint density at radius 3 is 2.04 bits per heavy atom. The monoisotopic (exact) mass is 342 g/mol. The van der Waals surface area contributed by atoms with Gasteiger partial charge in [-0.3, -0.25) is 4.79 Å². The van der Waals surface area contributed by atoms with E-state index in [2.05, 4.69) is 0 Å². The molecule has 1 aliphatic carbocycles. The van der Waals surface area contributed by atoms with Crippen molar-refractivity contribution < 1.29 is 19.0 Å². The third kappa shape index (κ3) is 5.73. The summed E-state index contributed by atoms with van der Waals surface area (Å²) in [6.07, 6.45) is 6.69. The Kier molecular flexibility index (Phi) is 7.30. The fourth-order valence-electron chi connectivity index (χ4n) is 2.69. The van der Waals surface area contributed by atoms with Crippen LogP contribution in [0, 0.1) is 5.41 Å². The summed E-state index contributed by atoms with van der Waals surface area (Å²) in [5.41, 5.74) is -1.89. The fraction of sp³-hybridized carbons (Fsp3) is 0.950. The summed E-state index contributed by atoms with van der Waals surface area (Å²) < 4.78 is 18.0. The predicted octanol–water partition coefficient (Wildman–Crippen LogP) is 5.23. The highest BCUT2D eigenvalue weighted by atomic mass is 16.7. The van der Waals surface area contributed by atoms with Crippen LogP contribution in [0.25, 0.3) is 0 Å². The molecule has 4 heteroatoms. The standard InChI is InChI=1S/C20H38O4/c1-9-18(3,4)17(21)24-20(7,8)19(5,6)23-15(2)22-16-13-11-10-12-14-16/h15-16H,9-14H2,1-8H3. The quantitative estimate of drug-likeness (QED) is 0.447. The van der Waals surface area contributed by atoms with Crippen molar-refractivity contribution in [2.45, 2.75) is 118 Å². The minimum atomic E-state index is -0.749. The predicted molar refractivity (Wildman–Crippen MR) is 96.8 cm³/mol. The zero-order valence-electron chi connectivity index (χ0n) is 17.0. The van der Waals surface area contributed by atoms with Crippen LogP contribution in [-0.4, -0.2) is 29.6 Å². The zero-order chi connectivity index (χ0) is 18.6. The number of carbonyl (C=O) groups excluding carboxylic acids is 1. The van der Waals surface area contributed by atoms with E-state index in [1.54, 1.807) is 0 Å². The van der Waals surface area contributed by atoms with E-state index in [0.717, 1.165) is 19.3 Å². The van der Waals surface area contributed by atoms with Crippen LogP contribution in [0.2, 0.25) is 0 Å². The molecular weight excluding hydrogens is 304 g/mol. The van der Waals surface area contributed by atoms with Crippen molar-refractivity contribution in [1.29, 1.82) is 0 Å². The van der Waals surface area contributed by atoms with Crippen molar-refractivity contribution in [1.82, 2.24) is 0 Å². The van der Waals surface area contributed by atoms with E-state index >= 15 is 0 Å². The zero-order valence-corrected chi connectivity index (χ0v) is 17.0. The largest absolute Gasteiger partial charge is 0.456 e. The van der Waals surface area contributed by atoms with Crippen molar-refractivity contribution in [2.75, 3.05) is 0 Å². The Hall–Kier alpha value is -0.610. The lowest BCUT2D eigenvalue weighted by Gasteiger charge is -2.43. The molecule has 24 heavy (non-hydrogen) atoms. The lowest BCUT2D eigenvalue weighted by Crippen LogP contribution is -2.53. The Morgan fingerprint density at radius 2 is 1.54 bits per heavy atom. The van der Waals surface area contributed by atoms with E-state index in [1.807, 2.05) is 55.4 Å². The minimum absolute atomic E-state index is 0.187. The van der Waals surface area contributed by atoms with Gasteiger partial charge < -0.3 is 14.2 Å². The summed E-state index contributed by atoms with van der Waals surface area (Å²) in [5.74, 6) is -0.187. The molecule has 1 aliphatic rings. The maximum absolute atomic E-state index is 12.5. The second kappa shape index (κ2) is 8.18. The van der Waals surface area contributed by atoms with Crippen LogP contribution in [0.4, 0.5) is 0 Å². The Balaban J connectivity index is 2.64. The van der Waals surface area contributed by atoms with Gasteiger partial charge in [0.15, 0.2) is 6.29 Å². The van der Waals surface area contributed by atoms with E-state index in [1.165, 1.54) is 19.3 Å². The smallest absolute Gasteiger partial charge is 0.312 e. The molecule has 1 saturated carbocycles. The highest BCUT2D eigenvalue weighted by Crippen LogP contribution is 2.34. The lowest BCUT2D eigenvalue weighted by atomic mass is 9.86. The highest BCUT2D eigenvalue weighted by Gasteiger charge is 2.45. The van der Waals surface area contributed by atoms with Gasteiger partial charge in [0.25, 0.3) is 0 Å². The number of esters is 1. The molecule has 0 N–H and O–H groups in total. The second-order valence-electron chi connectivity index (χ2n) is 8.73. The topological polar surface area (TPSA) is 44.8 Å². The molecule has 0 amide bonds. The molecule has 0 aromatic carbocycles. The van der Waals surface area contributed by atoms with Crippen molar-refractivity contribution in [2.24, 2.45) is 5.41 Å². The van der Waals surface area contributed by atoms with Gasteiger partial charge in [0.1, 0.15) is 11.2 Å². The molecule has 1 rings (SSSR count). The van der Waals surface area contributed by atoms with Crippen molar-refractivity contribution in [3.8, 4) is 0 Å². The number of carbonyl (C=O) groups is 1. The Morgan fingerprint density at radius 1 is 1.00 bits per heavy atom. The van der Waals surface area contributed by atoms with Gasteiger partial charge in [-0.25, -0.2) is 0 Å². The average molecular weight is 343 g/mol. The van der Waals surface area contributed by atoms with Gasteiger partial charge in [-0.05, 0) is 67.7 Å². The van der Waals surface area contributed by atoms with Gasteiger partial charge in [0, 0.05) is 0 Å². The van der Waals surface area contributed by atoms with Gasteiger partial charge in [0.05, 0.1) is 11.5 Å². The number of ether oxygens (including phenoxy) is 3. The van der Waals surface area contributed by atoms with E-state index < -0.39 is 16.6 Å². The van der Waals surface area contributed by atoms with Gasteiger partial charge in [-0.2, -0.15) is 0 Å². The second-order valence-corrected chi connectivity index (χ2v) is 8.73. The third-order valence-corrected chi connectivity index (χ3v) is 5.63. The number of hydrogen-bond donors (Lipinski definition) is 0. The van der Waals surface area contributed by atoms with E-state index in [0.29, 0.717) is 0 Å². The van der Waals surface area contributed by atoms with Gasteiger partial charge in [0.2, 0.25) is 0 Å². The SMILES string of the molecule is CCC(C)(C)C(=O)OC(C)(C)C(C)(C)OC(C)OC1CCCCC1. The van der Waals surface area contributed by atoms with E-state index in [9.17, 15) is 4.79 Å². The fourth-order valence-corrected chi connectivity index (χ4v) is 2.69. The van der Waals surface area contributed by atoms with Crippen LogP contribution in [0.3, 0.4) is 0 Å². The Labute approximate surface area is 148 Å². The summed E-state index contributed by atoms with van der Waals surface area (Å²) >= 11 is 0. The molecule has 0 aromatic heterocycles. The molecule has 4 nitrogen and oxygen atoms in total. The molecular formula is C20H38O4. The third-order valence-electron chi connectivity index (χ3n) is 5.63. The van der Waals surface area contributed by atoms with Crippen molar-refractivity contribution >= 4 is 5.97 Å². The molecule has 1 fully saturated rings. The molecule has 1 unspecified atom stereocenters. The Bertz CT molecular complexity index is 406. The first-order valence-electron chi connectivity index (χ1n) is 9.48. The molecule has 142 valence electrons. The van der Waals surface area contributed by atoms with Crippen LogP contribution in [0.15, 0.2) is 0 Å². The van der Waals surface area contributed by atoms with Gasteiger partial charge >= 0.3 is 5.97 Å². The first-order chi connectivity index (χ1) is 10.9. The molecule has 1 atom stereocenters. The van der Waals surface area contributed by atoms with E-state index in [4.69, 9.17) is 14.2 Å². The molecule has 0 saturated heterocycles. The highest BCUT2D eigenvalue weighted by molar-refractivity contribution is 5.76. The number of hydrogen-bond acceptors (Lipinski definition) is 4. The van der Waals surface area contributed by atoms with Crippen LogP contribution in [0.1, 0.15) is 93.9 Å². The molecule has 0 spiro atoms. The number of rotatable bonds is 8. The van der Waals surface area contributed by atoms with Crippen LogP contribution in [-0.2, 0) is 19.0 Å². The summed E-state index contributed by atoms with van der Waals surface area (Å²) in [5, 5.41) is 0. The summed E-state index contributed by atoms with van der Waals surface area (Å²) in [6.45, 7) is 15.5. The van der Waals surface area contributed by atoms with Gasteiger partial charge in [-0.15, -0.1) is 0 Å². The lowest BCUT2D eigenvalue weighted by molar-refractivity contribution is -0.263. The molecule has 0 aromatic rings. The van der Waals surface area contributed by atoms with Crippen molar-refractivity contribution in [3.63, 3.8) is 0 Å². The van der Waals surface area contributed by atoms with Crippen LogP contribution >= 0.6 is 0 Å². The maximum atomic E-state index is 12.5. The van der Waals surface area contributed by atoms with Gasteiger partial charge in [-0.1, -0.05) is 26.2 Å².